The lowest BCUT2D eigenvalue weighted by Gasteiger charge is -2.26. The molecule has 0 rings (SSSR count). The molecule has 0 saturated heterocycles. The molecule has 0 unspecified atom stereocenters. The molecule has 16 heavy (non-hydrogen) atoms. The fourth-order valence-electron chi connectivity index (χ4n) is 1.07. The fourth-order valence-corrected chi connectivity index (χ4v) is 1.07. The monoisotopic (exact) mass is 230 g/mol. The Hall–Kier alpha value is -1.30. The second kappa shape index (κ2) is 6.32. The standard InChI is InChI=1S/C10H18N2O4/c1-7(13)4-5-11-9(15)8(14)10(2,3)6-12-16/h8,14H,4-6H2,1-3H3,(H,11,15)/t8-/m0/s1. The third-order valence-electron chi connectivity index (χ3n) is 2.24. The molecular formula is C10H18N2O4. The van der Waals surface area contributed by atoms with Crippen LogP contribution in [0, 0.1) is 10.3 Å². The van der Waals surface area contributed by atoms with E-state index >= 15 is 0 Å². The summed E-state index contributed by atoms with van der Waals surface area (Å²) in [6.45, 7) is 4.61. The van der Waals surface area contributed by atoms with Crippen molar-refractivity contribution in [2.45, 2.75) is 33.3 Å². The first-order chi connectivity index (χ1) is 7.31. The van der Waals surface area contributed by atoms with Crippen LogP contribution in [-0.2, 0) is 9.59 Å². The summed E-state index contributed by atoms with van der Waals surface area (Å²) in [5, 5.41) is 14.7. The van der Waals surface area contributed by atoms with Gasteiger partial charge in [0.2, 0.25) is 5.91 Å². The lowest BCUT2D eigenvalue weighted by molar-refractivity contribution is -0.134. The van der Waals surface area contributed by atoms with E-state index < -0.39 is 17.4 Å². The van der Waals surface area contributed by atoms with Gasteiger partial charge < -0.3 is 10.4 Å². The topological polar surface area (TPSA) is 95.8 Å². The molecule has 0 aliphatic carbocycles. The first-order valence-electron chi connectivity index (χ1n) is 5.05. The average Bonchev–Trinajstić information content (AvgIpc) is 2.15. The molecule has 0 fully saturated rings. The summed E-state index contributed by atoms with van der Waals surface area (Å²) in [5.41, 5.74) is -0.901. The van der Waals surface area contributed by atoms with Crippen molar-refractivity contribution in [2.24, 2.45) is 10.6 Å². The number of amides is 1. The first-order valence-corrected chi connectivity index (χ1v) is 5.05. The Balaban J connectivity index is 4.17. The Morgan fingerprint density at radius 3 is 2.44 bits per heavy atom. The molecule has 0 aliphatic heterocycles. The normalized spacial score (nSPS) is 13.0. The van der Waals surface area contributed by atoms with Crippen LogP contribution in [0.2, 0.25) is 0 Å². The summed E-state index contributed by atoms with van der Waals surface area (Å²) >= 11 is 0. The van der Waals surface area contributed by atoms with E-state index in [9.17, 15) is 19.6 Å². The van der Waals surface area contributed by atoms with Crippen molar-refractivity contribution in [1.29, 1.82) is 0 Å². The van der Waals surface area contributed by atoms with Crippen molar-refractivity contribution < 1.29 is 14.7 Å². The summed E-state index contributed by atoms with van der Waals surface area (Å²) < 4.78 is 0. The van der Waals surface area contributed by atoms with Gasteiger partial charge in [-0.3, -0.25) is 9.59 Å². The highest BCUT2D eigenvalue weighted by Crippen LogP contribution is 2.21. The molecule has 0 aromatic rings. The smallest absolute Gasteiger partial charge is 0.249 e. The Morgan fingerprint density at radius 1 is 1.44 bits per heavy atom. The molecule has 0 heterocycles. The van der Waals surface area contributed by atoms with E-state index in [1.165, 1.54) is 6.92 Å². The van der Waals surface area contributed by atoms with Gasteiger partial charge in [-0.25, -0.2) is 0 Å². The molecule has 0 spiro atoms. The van der Waals surface area contributed by atoms with Gasteiger partial charge in [0.15, 0.2) is 0 Å². The van der Waals surface area contributed by atoms with Gasteiger partial charge in [0.1, 0.15) is 11.9 Å². The summed E-state index contributed by atoms with van der Waals surface area (Å²) in [6, 6.07) is 0. The van der Waals surface area contributed by atoms with Gasteiger partial charge in [-0.05, 0) is 6.92 Å². The SMILES string of the molecule is CC(=O)CCNC(=O)[C@H](O)C(C)(C)CN=O. The van der Waals surface area contributed by atoms with Gasteiger partial charge in [-0.15, -0.1) is 0 Å². The predicted octanol–water partition coefficient (Wildman–Crippen LogP) is 0.235. The first kappa shape index (κ1) is 14.7. The van der Waals surface area contributed by atoms with Crippen molar-refractivity contribution in [3.8, 4) is 0 Å². The minimum Gasteiger partial charge on any atom is -0.383 e. The van der Waals surface area contributed by atoms with E-state index in [-0.39, 0.29) is 25.3 Å². The largest absolute Gasteiger partial charge is 0.383 e. The molecule has 2 N–H and O–H groups in total. The van der Waals surface area contributed by atoms with Crippen LogP contribution in [0.15, 0.2) is 5.18 Å². The third kappa shape index (κ3) is 4.97. The van der Waals surface area contributed by atoms with Crippen molar-refractivity contribution in [3.63, 3.8) is 0 Å². The third-order valence-corrected chi connectivity index (χ3v) is 2.24. The van der Waals surface area contributed by atoms with Gasteiger partial charge in [-0.1, -0.05) is 19.0 Å². The second-order valence-corrected chi connectivity index (χ2v) is 4.42. The average molecular weight is 230 g/mol. The highest BCUT2D eigenvalue weighted by Gasteiger charge is 2.33. The highest BCUT2D eigenvalue weighted by atomic mass is 16.3. The summed E-state index contributed by atoms with van der Waals surface area (Å²) in [6.07, 6.45) is -1.08. The number of Topliss-reactive ketones (excluding diaryl/α,β-unsaturated/α-hetero) is 1. The summed E-state index contributed by atoms with van der Waals surface area (Å²) in [4.78, 5) is 32.2. The van der Waals surface area contributed by atoms with Crippen molar-refractivity contribution >= 4 is 11.7 Å². The number of hydrogen-bond donors (Lipinski definition) is 2. The summed E-state index contributed by atoms with van der Waals surface area (Å²) in [7, 11) is 0. The maximum absolute atomic E-state index is 11.4. The molecule has 1 atom stereocenters. The zero-order chi connectivity index (χ0) is 12.8. The van der Waals surface area contributed by atoms with E-state index in [1.807, 2.05) is 0 Å². The number of aliphatic hydroxyl groups is 1. The van der Waals surface area contributed by atoms with Crippen molar-refractivity contribution in [1.82, 2.24) is 5.32 Å². The van der Waals surface area contributed by atoms with E-state index in [1.54, 1.807) is 13.8 Å². The maximum atomic E-state index is 11.4. The van der Waals surface area contributed by atoms with Crippen molar-refractivity contribution in [3.05, 3.63) is 4.91 Å². The van der Waals surface area contributed by atoms with Crippen LogP contribution in [-0.4, -0.2) is 36.0 Å². The molecule has 1 amide bonds. The van der Waals surface area contributed by atoms with Crippen molar-refractivity contribution in [2.75, 3.05) is 13.1 Å². The number of ketones is 1. The second-order valence-electron chi connectivity index (χ2n) is 4.42. The number of carbonyl (C=O) groups excluding carboxylic acids is 2. The molecule has 0 bridgehead atoms. The van der Waals surface area contributed by atoms with Gasteiger partial charge in [0.05, 0.1) is 6.54 Å². The molecule has 6 heteroatoms. The number of rotatable bonds is 7. The zero-order valence-corrected chi connectivity index (χ0v) is 9.82. The zero-order valence-electron chi connectivity index (χ0n) is 9.82. The minimum absolute atomic E-state index is 0.0383. The summed E-state index contributed by atoms with van der Waals surface area (Å²) in [5.74, 6) is -0.626. The lowest BCUT2D eigenvalue weighted by atomic mass is 9.86. The van der Waals surface area contributed by atoms with Crippen LogP contribution in [0.4, 0.5) is 0 Å². The van der Waals surface area contributed by atoms with E-state index in [4.69, 9.17) is 0 Å². The number of nitrogens with zero attached hydrogens (tertiary/aromatic N) is 1. The Labute approximate surface area is 94.4 Å². The molecular weight excluding hydrogens is 212 g/mol. The van der Waals surface area contributed by atoms with Crippen LogP contribution in [0.25, 0.3) is 0 Å². The van der Waals surface area contributed by atoms with Crippen LogP contribution < -0.4 is 5.32 Å². The molecule has 0 radical (unpaired) electrons. The van der Waals surface area contributed by atoms with E-state index in [2.05, 4.69) is 10.5 Å². The number of hydrogen-bond acceptors (Lipinski definition) is 5. The highest BCUT2D eigenvalue weighted by molar-refractivity contribution is 5.82. The Kier molecular flexibility index (Phi) is 5.81. The minimum atomic E-state index is -1.31. The molecule has 0 aliphatic rings. The maximum Gasteiger partial charge on any atom is 0.249 e. The quantitative estimate of drug-likeness (QED) is 0.612. The number of aliphatic hydroxyl groups excluding tert-OH is 1. The van der Waals surface area contributed by atoms with E-state index in [0.29, 0.717) is 0 Å². The molecule has 92 valence electrons. The van der Waals surface area contributed by atoms with Gasteiger partial charge in [-0.2, -0.15) is 4.91 Å². The number of nitrogens with one attached hydrogen (secondary N) is 1. The fraction of sp³-hybridized carbons (Fsp3) is 0.800. The molecule has 0 aromatic carbocycles. The van der Waals surface area contributed by atoms with E-state index in [0.717, 1.165) is 0 Å². The Morgan fingerprint density at radius 2 is 2.00 bits per heavy atom. The van der Waals surface area contributed by atoms with Gasteiger partial charge in [0, 0.05) is 18.4 Å². The van der Waals surface area contributed by atoms with Crippen LogP contribution >= 0.6 is 0 Å². The van der Waals surface area contributed by atoms with Gasteiger partial charge in [0.25, 0.3) is 0 Å². The van der Waals surface area contributed by atoms with Crippen LogP contribution in [0.5, 0.6) is 0 Å². The number of carbonyl (C=O) groups is 2. The molecule has 0 saturated carbocycles. The van der Waals surface area contributed by atoms with Crippen LogP contribution in [0.1, 0.15) is 27.2 Å². The molecule has 6 nitrogen and oxygen atoms in total. The predicted molar refractivity (Wildman–Crippen MR) is 58.8 cm³/mol. The Bertz CT molecular complexity index is 276. The van der Waals surface area contributed by atoms with Gasteiger partial charge >= 0.3 is 0 Å². The molecule has 0 aromatic heterocycles. The van der Waals surface area contributed by atoms with Crippen LogP contribution in [0.3, 0.4) is 0 Å². The number of nitroso groups, excluding NO2 is 1. The lowest BCUT2D eigenvalue weighted by Crippen LogP contribution is -2.45.